The van der Waals surface area contributed by atoms with Crippen molar-refractivity contribution in [3.05, 3.63) is 35.6 Å². The molecule has 1 rings (SSSR count). The Bertz CT molecular complexity index is 433. The van der Waals surface area contributed by atoms with Gasteiger partial charge in [-0.1, -0.05) is 6.58 Å². The molecule has 0 aliphatic carbocycles. The predicted molar refractivity (Wildman–Crippen MR) is 64.5 cm³/mol. The van der Waals surface area contributed by atoms with Gasteiger partial charge in [0, 0.05) is 5.57 Å². The Morgan fingerprint density at radius 3 is 2.12 bits per heavy atom. The molecule has 0 aliphatic heterocycles. The summed E-state index contributed by atoms with van der Waals surface area (Å²) in [5, 5.41) is 19.7. The van der Waals surface area contributed by atoms with Gasteiger partial charge in [-0.25, -0.2) is 0 Å². The lowest BCUT2D eigenvalue weighted by atomic mass is 10.0. The maximum absolute atomic E-state index is 9.99. The maximum Gasteiger partial charge on any atom is 0.200 e. The quantitative estimate of drug-likeness (QED) is 0.787. The van der Waals surface area contributed by atoms with E-state index in [2.05, 4.69) is 12.3 Å². The van der Waals surface area contributed by atoms with Crippen molar-refractivity contribution in [2.45, 2.75) is 13.0 Å². The van der Waals surface area contributed by atoms with Crippen molar-refractivity contribution in [3.8, 4) is 17.2 Å². The van der Waals surface area contributed by atoms with Crippen LogP contribution < -0.4 is 9.47 Å². The zero-order chi connectivity index (χ0) is 13.0. The summed E-state index contributed by atoms with van der Waals surface area (Å²) in [6.45, 7) is 5.19. The van der Waals surface area contributed by atoms with Gasteiger partial charge in [0.15, 0.2) is 11.5 Å². The molecule has 1 atom stereocenters. The van der Waals surface area contributed by atoms with Crippen molar-refractivity contribution in [1.29, 1.82) is 0 Å². The first-order valence-corrected chi connectivity index (χ1v) is 5.04. The van der Waals surface area contributed by atoms with E-state index in [0.717, 1.165) is 0 Å². The third-order valence-electron chi connectivity index (χ3n) is 2.51. The molecule has 4 heteroatoms. The van der Waals surface area contributed by atoms with Gasteiger partial charge in [0.1, 0.15) is 6.10 Å². The first-order chi connectivity index (χ1) is 8.04. The van der Waals surface area contributed by atoms with Crippen molar-refractivity contribution < 1.29 is 19.7 Å². The molecule has 0 amide bonds. The first-order valence-electron chi connectivity index (χ1n) is 5.04. The Balaban J connectivity index is 3.31. The van der Waals surface area contributed by atoms with E-state index in [1.54, 1.807) is 19.1 Å². The molecule has 2 N–H and O–H groups in total. The number of methoxy groups -OCH3 is 2. The maximum atomic E-state index is 9.99. The van der Waals surface area contributed by atoms with Gasteiger partial charge in [0.25, 0.3) is 0 Å². The molecule has 0 saturated heterocycles. The molecule has 4 nitrogen and oxygen atoms in total. The fourth-order valence-corrected chi connectivity index (χ4v) is 1.42. The molecule has 0 aromatic heterocycles. The third kappa shape index (κ3) is 2.61. The lowest BCUT2D eigenvalue weighted by Crippen LogP contribution is -2.00. The van der Waals surface area contributed by atoms with E-state index >= 15 is 0 Å². The molecule has 17 heavy (non-hydrogen) atoms. The Morgan fingerprint density at radius 2 is 1.76 bits per heavy atom. The predicted octanol–water partition coefficient (Wildman–Crippen LogP) is 2.17. The van der Waals surface area contributed by atoms with E-state index in [0.29, 0.717) is 11.1 Å². The Kier molecular flexibility index (Phi) is 4.21. The summed E-state index contributed by atoms with van der Waals surface area (Å²) in [7, 11) is 2.86. The summed E-state index contributed by atoms with van der Waals surface area (Å²) in [5.41, 5.74) is 3.75. The smallest absolute Gasteiger partial charge is 0.200 e. The van der Waals surface area contributed by atoms with Gasteiger partial charge in [0.05, 0.1) is 14.2 Å². The highest BCUT2D eigenvalue weighted by molar-refractivity contribution is 5.53. The van der Waals surface area contributed by atoms with Crippen molar-refractivity contribution in [2.24, 2.45) is 0 Å². The van der Waals surface area contributed by atoms with Crippen LogP contribution in [0.25, 0.3) is 0 Å². The Labute approximate surface area is 100 Å². The summed E-state index contributed by atoms with van der Waals surface area (Å²) in [6.07, 6.45) is -0.851. The van der Waals surface area contributed by atoms with Crippen LogP contribution in [0, 0.1) is 0 Å². The Morgan fingerprint density at radius 1 is 1.29 bits per heavy atom. The van der Waals surface area contributed by atoms with Gasteiger partial charge in [0.2, 0.25) is 5.75 Å². The summed E-state index contributed by atoms with van der Waals surface area (Å²) < 4.78 is 10.0. The van der Waals surface area contributed by atoms with Crippen LogP contribution in [-0.2, 0) is 0 Å². The number of rotatable bonds is 4. The molecule has 1 unspecified atom stereocenters. The van der Waals surface area contributed by atoms with Gasteiger partial charge in [-0.15, -0.1) is 5.73 Å². The van der Waals surface area contributed by atoms with Crippen molar-refractivity contribution in [3.63, 3.8) is 0 Å². The van der Waals surface area contributed by atoms with Crippen LogP contribution in [0.3, 0.4) is 0 Å². The van der Waals surface area contributed by atoms with Crippen LogP contribution in [0.5, 0.6) is 17.2 Å². The Hall–Kier alpha value is -1.90. The minimum atomic E-state index is -0.851. The highest BCUT2D eigenvalue weighted by Gasteiger charge is 2.16. The van der Waals surface area contributed by atoms with Gasteiger partial charge < -0.3 is 19.7 Å². The highest BCUT2D eigenvalue weighted by atomic mass is 16.5. The van der Waals surface area contributed by atoms with Crippen LogP contribution in [0.15, 0.2) is 30.0 Å². The number of phenolic OH excluding ortho intramolecular Hbond substituents is 1. The van der Waals surface area contributed by atoms with Crippen LogP contribution in [-0.4, -0.2) is 24.4 Å². The second kappa shape index (κ2) is 5.43. The van der Waals surface area contributed by atoms with E-state index in [9.17, 15) is 10.2 Å². The van der Waals surface area contributed by atoms with Crippen molar-refractivity contribution >= 4 is 0 Å². The molecule has 1 aromatic rings. The highest BCUT2D eigenvalue weighted by Crippen LogP contribution is 2.39. The summed E-state index contributed by atoms with van der Waals surface area (Å²) in [5.74, 6) is 0.400. The monoisotopic (exact) mass is 236 g/mol. The number of hydrogen-bond acceptors (Lipinski definition) is 4. The van der Waals surface area contributed by atoms with E-state index in [-0.39, 0.29) is 17.2 Å². The van der Waals surface area contributed by atoms with E-state index in [4.69, 9.17) is 9.47 Å². The molecule has 0 aliphatic rings. The number of benzene rings is 1. The second-order valence-electron chi connectivity index (χ2n) is 3.54. The molecule has 0 saturated carbocycles. The van der Waals surface area contributed by atoms with Crippen LogP contribution >= 0.6 is 0 Å². The molecular weight excluding hydrogens is 220 g/mol. The standard InChI is InChI=1S/C13H16O4/c1-5-8(2)12(14)9-6-10(16-3)13(15)11(7-9)17-4/h6-7,12,14-15H,1H2,2-4H3. The van der Waals surface area contributed by atoms with Crippen LogP contribution in [0.2, 0.25) is 0 Å². The number of aromatic hydroxyl groups is 1. The lowest BCUT2D eigenvalue weighted by molar-refractivity contribution is 0.214. The summed E-state index contributed by atoms with van der Waals surface area (Å²) in [4.78, 5) is 0. The normalized spacial score (nSPS) is 11.5. The summed E-state index contributed by atoms with van der Waals surface area (Å²) >= 11 is 0. The first kappa shape index (κ1) is 13.2. The molecule has 0 bridgehead atoms. The molecule has 0 spiro atoms. The molecule has 0 radical (unpaired) electrons. The van der Waals surface area contributed by atoms with Gasteiger partial charge >= 0.3 is 0 Å². The van der Waals surface area contributed by atoms with E-state index in [1.165, 1.54) is 14.2 Å². The molecule has 0 heterocycles. The fourth-order valence-electron chi connectivity index (χ4n) is 1.42. The number of hydrogen-bond donors (Lipinski definition) is 2. The van der Waals surface area contributed by atoms with Gasteiger partial charge in [-0.2, -0.15) is 0 Å². The van der Waals surface area contributed by atoms with Crippen molar-refractivity contribution in [2.75, 3.05) is 14.2 Å². The van der Waals surface area contributed by atoms with Gasteiger partial charge in [-0.3, -0.25) is 0 Å². The average molecular weight is 236 g/mol. The van der Waals surface area contributed by atoms with E-state index < -0.39 is 6.10 Å². The molecule has 92 valence electrons. The number of phenols is 1. The number of aliphatic hydroxyl groups excluding tert-OH is 1. The summed E-state index contributed by atoms with van der Waals surface area (Å²) in [6, 6.07) is 3.09. The zero-order valence-corrected chi connectivity index (χ0v) is 10.2. The topological polar surface area (TPSA) is 58.9 Å². The van der Waals surface area contributed by atoms with Crippen molar-refractivity contribution in [1.82, 2.24) is 0 Å². The SMILES string of the molecule is C=C=C(C)C(O)c1cc(OC)c(O)c(OC)c1. The molecule has 1 aromatic carbocycles. The fraction of sp³-hybridized carbons (Fsp3) is 0.308. The third-order valence-corrected chi connectivity index (χ3v) is 2.51. The van der Waals surface area contributed by atoms with Crippen LogP contribution in [0.1, 0.15) is 18.6 Å². The van der Waals surface area contributed by atoms with E-state index in [1.807, 2.05) is 0 Å². The minimum absolute atomic E-state index is 0.0915. The number of aliphatic hydroxyl groups is 1. The molecule has 0 fully saturated rings. The van der Waals surface area contributed by atoms with Crippen LogP contribution in [0.4, 0.5) is 0 Å². The number of ether oxygens (including phenoxy) is 2. The largest absolute Gasteiger partial charge is 0.502 e. The zero-order valence-electron chi connectivity index (χ0n) is 10.2. The van der Waals surface area contributed by atoms with Gasteiger partial charge in [-0.05, 0) is 24.6 Å². The average Bonchev–Trinajstić information content (AvgIpc) is 2.37. The lowest BCUT2D eigenvalue weighted by Gasteiger charge is -2.15. The minimum Gasteiger partial charge on any atom is -0.502 e. The second-order valence-corrected chi connectivity index (χ2v) is 3.54. The molecular formula is C13H16O4.